The molecule has 0 atom stereocenters. The van der Waals surface area contributed by atoms with Gasteiger partial charge in [0.05, 0.1) is 29.6 Å². The molecule has 4 nitrogen and oxygen atoms in total. The average Bonchev–Trinajstić information content (AvgIpc) is 3.02. The van der Waals surface area contributed by atoms with Crippen molar-refractivity contribution in [2.75, 3.05) is 4.90 Å². The molecule has 0 N–H and O–H groups in total. The van der Waals surface area contributed by atoms with E-state index in [1.54, 1.807) is 42.5 Å². The Bertz CT molecular complexity index is 1290. The summed E-state index contributed by atoms with van der Waals surface area (Å²) in [6.45, 7) is 0.284. The van der Waals surface area contributed by atoms with Crippen molar-refractivity contribution in [2.24, 2.45) is 0 Å². The Balaban J connectivity index is 1.54. The lowest BCUT2D eigenvalue weighted by atomic mass is 10.2. The summed E-state index contributed by atoms with van der Waals surface area (Å²) in [5.74, 6) is 0.185. The van der Waals surface area contributed by atoms with Gasteiger partial charge in [-0.15, -0.1) is 0 Å². The van der Waals surface area contributed by atoms with Crippen LogP contribution in [-0.2, 0) is 11.4 Å². The average molecular weight is 649 g/mol. The second kappa shape index (κ2) is 10.4. The van der Waals surface area contributed by atoms with Crippen LogP contribution in [0.3, 0.4) is 0 Å². The van der Waals surface area contributed by atoms with Crippen LogP contribution >= 0.6 is 78.4 Å². The topological polar surface area (TPSA) is 46.6 Å². The maximum absolute atomic E-state index is 12.9. The van der Waals surface area contributed by atoms with Gasteiger partial charge in [0.15, 0.2) is 0 Å². The number of hydrogen-bond donors (Lipinski definition) is 0. The van der Waals surface area contributed by atoms with Crippen molar-refractivity contribution in [2.45, 2.75) is 6.61 Å². The van der Waals surface area contributed by atoms with E-state index in [1.807, 2.05) is 18.2 Å². The highest BCUT2D eigenvalue weighted by Crippen LogP contribution is 2.39. The maximum atomic E-state index is 12.9. The summed E-state index contributed by atoms with van der Waals surface area (Å²) in [6, 6.07) is 15.5. The predicted molar refractivity (Wildman–Crippen MR) is 143 cm³/mol. The number of benzene rings is 3. The van der Waals surface area contributed by atoms with Crippen molar-refractivity contribution in [3.05, 3.63) is 94.6 Å². The molecule has 0 radical (unpaired) electrons. The maximum Gasteiger partial charge on any atom is 0.298 e. The van der Waals surface area contributed by atoms with Crippen LogP contribution in [0.4, 0.5) is 10.5 Å². The van der Waals surface area contributed by atoms with Gasteiger partial charge in [0.1, 0.15) is 12.4 Å². The first kappa shape index (κ1) is 24.6. The summed E-state index contributed by atoms with van der Waals surface area (Å²) in [4.78, 5) is 26.8. The van der Waals surface area contributed by atoms with E-state index < -0.39 is 5.91 Å². The van der Waals surface area contributed by atoms with Crippen molar-refractivity contribution in [3.8, 4) is 5.75 Å². The Morgan fingerprint density at radius 2 is 1.67 bits per heavy atom. The van der Waals surface area contributed by atoms with Gasteiger partial charge >= 0.3 is 0 Å². The zero-order chi connectivity index (χ0) is 23.7. The van der Waals surface area contributed by atoms with E-state index in [1.165, 1.54) is 0 Å². The van der Waals surface area contributed by atoms with Crippen LogP contribution in [0.25, 0.3) is 6.08 Å². The SMILES string of the molecule is O=C1S/C(=C/c2cc(Br)c(OCc3ccc(Cl)c(Cl)c3)c(Br)c2)C(=O)N1c1cccc(Cl)c1. The second-order valence-corrected chi connectivity index (χ2v) is 10.8. The van der Waals surface area contributed by atoms with E-state index >= 15 is 0 Å². The quantitative estimate of drug-likeness (QED) is 0.259. The number of amides is 2. The number of rotatable bonds is 5. The number of carbonyl (C=O) groups excluding carboxylic acids is 2. The Labute approximate surface area is 226 Å². The molecule has 168 valence electrons. The zero-order valence-electron chi connectivity index (χ0n) is 16.5. The van der Waals surface area contributed by atoms with Crippen molar-refractivity contribution in [3.63, 3.8) is 0 Å². The third kappa shape index (κ3) is 5.61. The lowest BCUT2D eigenvalue weighted by Crippen LogP contribution is -2.27. The van der Waals surface area contributed by atoms with Crippen LogP contribution in [-0.4, -0.2) is 11.1 Å². The minimum atomic E-state index is -0.403. The van der Waals surface area contributed by atoms with Crippen LogP contribution in [0, 0.1) is 0 Å². The summed E-state index contributed by atoms with van der Waals surface area (Å²) in [5.41, 5.74) is 2.01. The molecule has 0 aliphatic carbocycles. The first-order chi connectivity index (χ1) is 15.7. The highest BCUT2D eigenvalue weighted by atomic mass is 79.9. The Kier molecular flexibility index (Phi) is 7.78. The molecule has 33 heavy (non-hydrogen) atoms. The van der Waals surface area contributed by atoms with Gasteiger partial charge in [0.2, 0.25) is 0 Å². The van der Waals surface area contributed by atoms with Crippen LogP contribution in [0.1, 0.15) is 11.1 Å². The molecule has 0 spiro atoms. The molecule has 1 aliphatic heterocycles. The van der Waals surface area contributed by atoms with Crippen LogP contribution in [0.2, 0.25) is 15.1 Å². The van der Waals surface area contributed by atoms with Gasteiger partial charge in [-0.25, -0.2) is 4.90 Å². The molecule has 2 amide bonds. The number of nitrogens with zero attached hydrogens (tertiary/aromatic N) is 1. The lowest BCUT2D eigenvalue weighted by Gasteiger charge is -2.13. The normalized spacial score (nSPS) is 14.9. The van der Waals surface area contributed by atoms with Gasteiger partial charge < -0.3 is 4.74 Å². The summed E-state index contributed by atoms with van der Waals surface area (Å²) in [7, 11) is 0. The molecular weight excluding hydrogens is 636 g/mol. The Morgan fingerprint density at radius 1 is 0.939 bits per heavy atom. The van der Waals surface area contributed by atoms with E-state index in [9.17, 15) is 9.59 Å². The molecule has 3 aromatic carbocycles. The molecular formula is C23H12Br2Cl3NO3S. The minimum absolute atomic E-state index is 0.284. The highest BCUT2D eigenvalue weighted by molar-refractivity contribution is 9.11. The number of carbonyl (C=O) groups is 2. The van der Waals surface area contributed by atoms with Gasteiger partial charge in [0, 0.05) is 5.02 Å². The van der Waals surface area contributed by atoms with E-state index in [2.05, 4.69) is 31.9 Å². The van der Waals surface area contributed by atoms with Crippen molar-refractivity contribution in [1.82, 2.24) is 0 Å². The fraction of sp³-hybridized carbons (Fsp3) is 0.0435. The zero-order valence-corrected chi connectivity index (χ0v) is 22.7. The van der Waals surface area contributed by atoms with Crippen LogP contribution in [0.15, 0.2) is 68.4 Å². The molecule has 1 fully saturated rings. The number of ether oxygens (including phenoxy) is 1. The highest BCUT2D eigenvalue weighted by Gasteiger charge is 2.36. The van der Waals surface area contributed by atoms with Gasteiger partial charge in [-0.05, 0) is 103 Å². The summed E-state index contributed by atoms with van der Waals surface area (Å²) in [5, 5.41) is 0.998. The molecule has 0 saturated carbocycles. The third-order valence-corrected chi connectivity index (χ3v) is 7.57. The van der Waals surface area contributed by atoms with E-state index in [0.29, 0.717) is 45.9 Å². The summed E-state index contributed by atoms with van der Waals surface area (Å²) < 4.78 is 7.29. The minimum Gasteiger partial charge on any atom is -0.487 e. The van der Waals surface area contributed by atoms with E-state index in [-0.39, 0.29) is 11.8 Å². The standard InChI is InChI=1S/C23H12Br2Cl3NO3S/c24-16-6-13(7-17(25)21(16)32-11-12-4-5-18(27)19(28)8-12)9-20-22(30)29(23(31)33-20)15-3-1-2-14(26)10-15/h1-10H,11H2/b20-9+. The molecule has 0 unspecified atom stereocenters. The third-order valence-electron chi connectivity index (χ3n) is 4.55. The van der Waals surface area contributed by atoms with Gasteiger partial charge in [-0.3, -0.25) is 9.59 Å². The van der Waals surface area contributed by atoms with E-state index in [0.717, 1.165) is 22.2 Å². The summed E-state index contributed by atoms with van der Waals surface area (Å²) in [6.07, 6.45) is 1.66. The molecule has 1 saturated heterocycles. The fourth-order valence-electron chi connectivity index (χ4n) is 3.04. The van der Waals surface area contributed by atoms with Gasteiger partial charge in [-0.2, -0.15) is 0 Å². The Morgan fingerprint density at radius 3 is 2.33 bits per heavy atom. The number of anilines is 1. The molecule has 3 aromatic rings. The van der Waals surface area contributed by atoms with Crippen LogP contribution in [0.5, 0.6) is 5.75 Å². The number of hydrogen-bond acceptors (Lipinski definition) is 4. The number of thioether (sulfide) groups is 1. The first-order valence-corrected chi connectivity index (χ1v) is 12.9. The van der Waals surface area contributed by atoms with Crippen LogP contribution < -0.4 is 9.64 Å². The molecule has 0 aromatic heterocycles. The first-order valence-electron chi connectivity index (χ1n) is 9.32. The van der Waals surface area contributed by atoms with Crippen molar-refractivity contribution < 1.29 is 14.3 Å². The summed E-state index contributed by atoms with van der Waals surface area (Å²) >= 11 is 25.9. The fourth-order valence-corrected chi connectivity index (χ4v) is 5.84. The van der Waals surface area contributed by atoms with E-state index in [4.69, 9.17) is 39.5 Å². The second-order valence-electron chi connectivity index (χ2n) is 6.85. The van der Waals surface area contributed by atoms with Gasteiger partial charge in [0.25, 0.3) is 11.1 Å². The van der Waals surface area contributed by atoms with Crippen molar-refractivity contribution >= 4 is 101 Å². The predicted octanol–water partition coefficient (Wildman–Crippen LogP) is 8.99. The molecule has 1 aliphatic rings. The largest absolute Gasteiger partial charge is 0.487 e. The van der Waals surface area contributed by atoms with Gasteiger partial charge in [-0.1, -0.05) is 46.9 Å². The molecule has 0 bridgehead atoms. The Hall–Kier alpha value is -1.48. The number of halogens is 5. The smallest absolute Gasteiger partial charge is 0.298 e. The van der Waals surface area contributed by atoms with Crippen molar-refractivity contribution in [1.29, 1.82) is 0 Å². The molecule has 1 heterocycles. The lowest BCUT2D eigenvalue weighted by molar-refractivity contribution is -0.113. The molecule has 10 heteroatoms. The monoisotopic (exact) mass is 645 g/mol. The number of imide groups is 1. The molecule has 4 rings (SSSR count).